The summed E-state index contributed by atoms with van der Waals surface area (Å²) in [4.78, 5) is 32.3. The molecule has 0 saturated carbocycles. The lowest BCUT2D eigenvalue weighted by atomic mass is 10.1. The van der Waals surface area contributed by atoms with E-state index in [-0.39, 0.29) is 24.0 Å². The van der Waals surface area contributed by atoms with Gasteiger partial charge in [0, 0.05) is 18.0 Å². The first-order chi connectivity index (χ1) is 16.4. The molecule has 2 amide bonds. The van der Waals surface area contributed by atoms with E-state index in [1.165, 1.54) is 23.3 Å². The fraction of sp³-hybridized carbons (Fsp3) is 0.190. The number of carbonyl (C=O) groups excluding carboxylic acids is 2. The Morgan fingerprint density at radius 3 is 2.74 bits per heavy atom. The van der Waals surface area contributed by atoms with Crippen LogP contribution in [0, 0.1) is 0 Å². The molecule has 14 heteroatoms. The maximum absolute atomic E-state index is 12.9. The van der Waals surface area contributed by atoms with Gasteiger partial charge in [-0.15, -0.1) is 4.40 Å². The SMILES string of the molecule is CC(C)(COc1cccc2c1C(N)=NS(O)(O)N2)NC(=O)c1ccnc(-n2cnc(C(N)=O)c2)c1. The normalized spacial score (nSPS) is 15.3. The lowest BCUT2D eigenvalue weighted by Gasteiger charge is -2.34. The minimum Gasteiger partial charge on any atom is -0.490 e. The number of ether oxygens (including phenoxy) is 1. The van der Waals surface area contributed by atoms with E-state index >= 15 is 0 Å². The zero-order chi connectivity index (χ0) is 25.4. The zero-order valence-electron chi connectivity index (χ0n) is 18.8. The second kappa shape index (κ2) is 8.90. The van der Waals surface area contributed by atoms with Gasteiger partial charge in [0.25, 0.3) is 11.8 Å². The highest BCUT2D eigenvalue weighted by molar-refractivity contribution is 8.24. The number of amidine groups is 1. The molecule has 184 valence electrons. The van der Waals surface area contributed by atoms with E-state index in [0.29, 0.717) is 28.4 Å². The number of hydrogen-bond donors (Lipinski definition) is 6. The minimum atomic E-state index is -3.41. The second-order valence-electron chi connectivity index (χ2n) is 8.34. The number of nitrogens with zero attached hydrogens (tertiary/aromatic N) is 4. The van der Waals surface area contributed by atoms with E-state index < -0.39 is 22.4 Å². The van der Waals surface area contributed by atoms with E-state index in [1.54, 1.807) is 44.2 Å². The van der Waals surface area contributed by atoms with Crippen LogP contribution >= 0.6 is 11.0 Å². The van der Waals surface area contributed by atoms with E-state index in [1.807, 2.05) is 0 Å². The second-order valence-corrected chi connectivity index (χ2v) is 9.76. The van der Waals surface area contributed by atoms with Crippen molar-refractivity contribution in [2.24, 2.45) is 15.9 Å². The molecular formula is C21H24N8O5S. The lowest BCUT2D eigenvalue weighted by Crippen LogP contribution is -2.48. The van der Waals surface area contributed by atoms with Crippen molar-refractivity contribution in [3.63, 3.8) is 0 Å². The predicted octanol–water partition coefficient (Wildman–Crippen LogP) is 1.67. The lowest BCUT2D eigenvalue weighted by molar-refractivity contribution is 0.0880. The summed E-state index contributed by atoms with van der Waals surface area (Å²) >= 11 is 0. The Hall–Kier alpha value is -4.14. The number of imidazole rings is 1. The summed E-state index contributed by atoms with van der Waals surface area (Å²) in [5, 5.41) is 2.91. The molecule has 0 spiro atoms. The summed E-state index contributed by atoms with van der Waals surface area (Å²) in [6, 6.07) is 8.06. The van der Waals surface area contributed by atoms with Crippen LogP contribution in [-0.4, -0.2) is 53.4 Å². The van der Waals surface area contributed by atoms with Crippen LogP contribution in [0.1, 0.15) is 40.3 Å². The summed E-state index contributed by atoms with van der Waals surface area (Å²) in [5.74, 6) is -0.360. The predicted molar refractivity (Wildman–Crippen MR) is 131 cm³/mol. The fourth-order valence-electron chi connectivity index (χ4n) is 3.30. The van der Waals surface area contributed by atoms with Crippen molar-refractivity contribution in [2.75, 3.05) is 11.3 Å². The Balaban J connectivity index is 1.46. The first kappa shape index (κ1) is 24.0. The van der Waals surface area contributed by atoms with Gasteiger partial charge in [-0.05, 0) is 49.1 Å². The van der Waals surface area contributed by atoms with Gasteiger partial charge in [0.05, 0.1) is 16.8 Å². The van der Waals surface area contributed by atoms with E-state index in [2.05, 4.69) is 24.4 Å². The number of aromatic nitrogens is 3. The quantitative estimate of drug-likeness (QED) is 0.279. The number of carbonyl (C=O) groups is 2. The third-order valence-corrected chi connectivity index (χ3v) is 5.85. The molecule has 0 unspecified atom stereocenters. The molecule has 0 bridgehead atoms. The minimum absolute atomic E-state index is 0.0696. The number of hydrogen-bond acceptors (Lipinski definition) is 10. The van der Waals surface area contributed by atoms with Crippen molar-refractivity contribution in [1.82, 2.24) is 19.9 Å². The van der Waals surface area contributed by atoms with Crippen LogP contribution in [0.5, 0.6) is 5.75 Å². The molecule has 1 aromatic carbocycles. The molecule has 1 aliphatic heterocycles. The first-order valence-corrected chi connectivity index (χ1v) is 11.7. The highest BCUT2D eigenvalue weighted by Gasteiger charge is 2.27. The number of nitrogens with one attached hydrogen (secondary N) is 2. The molecule has 4 rings (SSSR count). The molecule has 0 aliphatic carbocycles. The van der Waals surface area contributed by atoms with Crippen molar-refractivity contribution in [2.45, 2.75) is 19.4 Å². The molecule has 0 atom stereocenters. The fourth-order valence-corrected chi connectivity index (χ4v) is 4.18. The third kappa shape index (κ3) is 5.34. The van der Waals surface area contributed by atoms with Gasteiger partial charge in [0.15, 0.2) is 5.84 Å². The molecule has 13 nitrogen and oxygen atoms in total. The molecule has 1 aliphatic rings. The Bertz CT molecular complexity index is 1340. The van der Waals surface area contributed by atoms with Crippen LogP contribution in [0.25, 0.3) is 5.82 Å². The van der Waals surface area contributed by atoms with Crippen LogP contribution in [0.2, 0.25) is 0 Å². The average Bonchev–Trinajstić information content (AvgIpc) is 3.27. The molecule has 8 N–H and O–H groups in total. The Kier molecular flexibility index (Phi) is 6.10. The Morgan fingerprint density at radius 1 is 1.26 bits per heavy atom. The largest absolute Gasteiger partial charge is 0.490 e. The third-order valence-electron chi connectivity index (χ3n) is 4.90. The smallest absolute Gasteiger partial charge is 0.268 e. The van der Waals surface area contributed by atoms with E-state index in [0.717, 1.165) is 0 Å². The highest BCUT2D eigenvalue weighted by Crippen LogP contribution is 2.46. The number of pyridine rings is 1. The number of benzene rings is 1. The van der Waals surface area contributed by atoms with Crippen molar-refractivity contribution < 1.29 is 23.4 Å². The van der Waals surface area contributed by atoms with Crippen molar-refractivity contribution >= 4 is 34.3 Å². The number of amides is 2. The highest BCUT2D eigenvalue weighted by atomic mass is 32.3. The topological polar surface area (TPSA) is 203 Å². The van der Waals surface area contributed by atoms with Crippen LogP contribution in [0.4, 0.5) is 5.69 Å². The van der Waals surface area contributed by atoms with Crippen LogP contribution in [0.15, 0.2) is 53.5 Å². The monoisotopic (exact) mass is 500 g/mol. The van der Waals surface area contributed by atoms with Crippen LogP contribution in [-0.2, 0) is 0 Å². The Morgan fingerprint density at radius 2 is 2.03 bits per heavy atom. The molecule has 0 saturated heterocycles. The number of rotatable bonds is 7. The number of fused-ring (bicyclic) bond motifs is 1. The molecule has 3 heterocycles. The first-order valence-electron chi connectivity index (χ1n) is 10.2. The number of nitrogens with two attached hydrogens (primary N) is 2. The summed E-state index contributed by atoms with van der Waals surface area (Å²) in [5.41, 5.74) is 11.5. The van der Waals surface area contributed by atoms with Gasteiger partial charge in [0.2, 0.25) is 0 Å². The zero-order valence-corrected chi connectivity index (χ0v) is 19.6. The van der Waals surface area contributed by atoms with Gasteiger partial charge in [-0.3, -0.25) is 28.0 Å². The van der Waals surface area contributed by atoms with Gasteiger partial charge in [-0.25, -0.2) is 9.97 Å². The van der Waals surface area contributed by atoms with E-state index in [9.17, 15) is 18.7 Å². The molecule has 0 radical (unpaired) electrons. The van der Waals surface area contributed by atoms with Gasteiger partial charge >= 0.3 is 0 Å². The van der Waals surface area contributed by atoms with Crippen LogP contribution < -0.4 is 26.2 Å². The molecule has 35 heavy (non-hydrogen) atoms. The average molecular weight is 501 g/mol. The van der Waals surface area contributed by atoms with Crippen molar-refractivity contribution in [3.05, 3.63) is 65.9 Å². The summed E-state index contributed by atoms with van der Waals surface area (Å²) in [6.07, 6.45) is 4.27. The maximum Gasteiger partial charge on any atom is 0.268 e. The summed E-state index contributed by atoms with van der Waals surface area (Å²) in [6.45, 7) is 3.63. The van der Waals surface area contributed by atoms with Crippen molar-refractivity contribution in [1.29, 1.82) is 0 Å². The van der Waals surface area contributed by atoms with Gasteiger partial charge in [-0.1, -0.05) is 6.07 Å². The standard InChI is InChI=1S/C21H24N8O5S/c1-21(2,10-34-15-5-3-4-13-17(15)18(22)28-35(32,33)27-13)26-20(31)12-6-7-24-16(8-12)29-9-14(19(23)30)25-11-29/h3-9,11,27,32-33H,10H2,1-2H3,(H2,22,28)(H2,23,30)(H,26,31). The van der Waals surface area contributed by atoms with Gasteiger partial charge in [0.1, 0.15) is 30.2 Å². The van der Waals surface area contributed by atoms with Crippen LogP contribution in [0.3, 0.4) is 0 Å². The van der Waals surface area contributed by atoms with Gasteiger partial charge in [-0.2, -0.15) is 0 Å². The molecule has 2 aromatic heterocycles. The van der Waals surface area contributed by atoms with E-state index in [4.69, 9.17) is 16.2 Å². The molecular weight excluding hydrogens is 476 g/mol. The van der Waals surface area contributed by atoms with Crippen molar-refractivity contribution in [3.8, 4) is 11.6 Å². The molecule has 3 aromatic rings. The Labute approximate surface area is 201 Å². The van der Waals surface area contributed by atoms with Gasteiger partial charge < -0.3 is 21.5 Å². The number of primary amides is 1. The summed E-state index contributed by atoms with van der Waals surface area (Å²) < 4.78 is 33.2. The summed E-state index contributed by atoms with van der Waals surface area (Å²) in [7, 11) is -3.41. The molecule has 0 fully saturated rings. The maximum atomic E-state index is 12.9. The number of anilines is 1.